The van der Waals surface area contributed by atoms with E-state index in [0.29, 0.717) is 17.0 Å². The molecule has 0 spiro atoms. The third kappa shape index (κ3) is 5.67. The first-order valence-electron chi connectivity index (χ1n) is 11.6. The summed E-state index contributed by atoms with van der Waals surface area (Å²) in [5.41, 5.74) is 0.752. The van der Waals surface area contributed by atoms with Gasteiger partial charge >= 0.3 is 0 Å². The molecule has 2 aromatic rings. The molecular weight excluding hydrogens is 490 g/mol. The highest BCUT2D eigenvalue weighted by molar-refractivity contribution is 7.90. The lowest BCUT2D eigenvalue weighted by Crippen LogP contribution is -2.51. The zero-order valence-electron chi connectivity index (χ0n) is 20.0. The third-order valence-electron chi connectivity index (χ3n) is 6.13. The van der Waals surface area contributed by atoms with Gasteiger partial charge in [-0.2, -0.15) is 0 Å². The van der Waals surface area contributed by atoms with Gasteiger partial charge in [-0.15, -0.1) is 0 Å². The van der Waals surface area contributed by atoms with Crippen LogP contribution >= 0.6 is 11.6 Å². The lowest BCUT2D eigenvalue weighted by molar-refractivity contribution is -0.141. The zero-order chi connectivity index (χ0) is 25.8. The first-order chi connectivity index (χ1) is 16.6. The molecule has 10 heteroatoms. The number of carbonyl (C=O) groups excluding carboxylic acids is 3. The molecule has 2 aromatic carbocycles. The molecular formula is C25H30ClN3O5S. The topological polar surface area (TPSA) is 104 Å². The van der Waals surface area contributed by atoms with Gasteiger partial charge in [-0.1, -0.05) is 55.8 Å². The quantitative estimate of drug-likeness (QED) is 0.516. The SMILES string of the molecule is CC[C@@H](C)NC(=O)[C@@H](CC)N(Cc1ccccc1Cl)C(=O)CCN1C(=O)c2ccccc2S1(=O)=O. The Morgan fingerprint density at radius 3 is 2.34 bits per heavy atom. The summed E-state index contributed by atoms with van der Waals surface area (Å²) in [6.07, 6.45) is 0.817. The molecule has 1 aliphatic rings. The number of benzene rings is 2. The summed E-state index contributed by atoms with van der Waals surface area (Å²) in [5.74, 6) is -1.40. The van der Waals surface area contributed by atoms with Crippen LogP contribution in [0.4, 0.5) is 0 Å². The van der Waals surface area contributed by atoms with Crippen molar-refractivity contribution in [1.82, 2.24) is 14.5 Å². The highest BCUT2D eigenvalue weighted by Crippen LogP contribution is 2.30. The lowest BCUT2D eigenvalue weighted by atomic mass is 10.1. The Kier molecular flexibility index (Phi) is 8.56. The van der Waals surface area contributed by atoms with Crippen LogP contribution in [0.15, 0.2) is 53.4 Å². The second-order valence-electron chi connectivity index (χ2n) is 8.48. The summed E-state index contributed by atoms with van der Waals surface area (Å²) in [6.45, 7) is 5.39. The normalized spacial score (nSPS) is 15.9. The molecule has 0 aromatic heterocycles. The van der Waals surface area contributed by atoms with E-state index in [1.165, 1.54) is 17.0 Å². The van der Waals surface area contributed by atoms with E-state index in [4.69, 9.17) is 11.6 Å². The van der Waals surface area contributed by atoms with Crippen molar-refractivity contribution in [3.05, 3.63) is 64.7 Å². The van der Waals surface area contributed by atoms with Gasteiger partial charge < -0.3 is 10.2 Å². The van der Waals surface area contributed by atoms with E-state index in [2.05, 4.69) is 5.32 Å². The number of nitrogens with one attached hydrogen (secondary N) is 1. The monoisotopic (exact) mass is 519 g/mol. The summed E-state index contributed by atoms with van der Waals surface area (Å²) in [5, 5.41) is 3.37. The van der Waals surface area contributed by atoms with Crippen LogP contribution in [0.3, 0.4) is 0 Å². The minimum absolute atomic E-state index is 0.0651. The molecule has 0 bridgehead atoms. The minimum atomic E-state index is -4.03. The molecule has 1 N–H and O–H groups in total. The van der Waals surface area contributed by atoms with Gasteiger partial charge in [0.05, 0.1) is 5.56 Å². The maximum Gasteiger partial charge on any atom is 0.269 e. The second kappa shape index (κ2) is 11.2. The predicted octanol–water partition coefficient (Wildman–Crippen LogP) is 3.60. The van der Waals surface area contributed by atoms with Gasteiger partial charge in [0.1, 0.15) is 10.9 Å². The fraction of sp³-hybridized carbons (Fsp3) is 0.400. The number of hydrogen-bond donors (Lipinski definition) is 1. The number of nitrogens with zero attached hydrogens (tertiary/aromatic N) is 2. The van der Waals surface area contributed by atoms with Crippen LogP contribution in [-0.2, 0) is 26.2 Å². The maximum absolute atomic E-state index is 13.4. The summed E-state index contributed by atoms with van der Waals surface area (Å²) < 4.78 is 26.5. The average molecular weight is 520 g/mol. The summed E-state index contributed by atoms with van der Waals surface area (Å²) in [7, 11) is -4.03. The van der Waals surface area contributed by atoms with E-state index in [1.807, 2.05) is 13.8 Å². The molecule has 1 aliphatic heterocycles. The van der Waals surface area contributed by atoms with Crippen LogP contribution < -0.4 is 5.32 Å². The Hall–Kier alpha value is -2.91. The van der Waals surface area contributed by atoms with Crippen LogP contribution in [0.1, 0.15) is 56.0 Å². The van der Waals surface area contributed by atoms with Crippen molar-refractivity contribution in [3.63, 3.8) is 0 Å². The molecule has 0 saturated carbocycles. The van der Waals surface area contributed by atoms with Crippen molar-refractivity contribution in [3.8, 4) is 0 Å². The number of hydrogen-bond acceptors (Lipinski definition) is 5. The van der Waals surface area contributed by atoms with Crippen molar-refractivity contribution in [2.45, 2.75) is 63.6 Å². The smallest absolute Gasteiger partial charge is 0.269 e. The number of sulfonamides is 1. The van der Waals surface area contributed by atoms with E-state index in [0.717, 1.165) is 10.7 Å². The second-order valence-corrected chi connectivity index (χ2v) is 10.7. The molecule has 3 amide bonds. The van der Waals surface area contributed by atoms with Gasteiger partial charge in [0.2, 0.25) is 11.8 Å². The zero-order valence-corrected chi connectivity index (χ0v) is 21.6. The molecule has 1 heterocycles. The van der Waals surface area contributed by atoms with Crippen molar-refractivity contribution in [2.24, 2.45) is 0 Å². The summed E-state index contributed by atoms with van der Waals surface area (Å²) >= 11 is 6.33. The molecule has 0 unspecified atom stereocenters. The Morgan fingerprint density at radius 1 is 1.06 bits per heavy atom. The van der Waals surface area contributed by atoms with E-state index in [-0.39, 0.29) is 41.9 Å². The Bertz CT molecular complexity index is 1220. The number of rotatable bonds is 10. The van der Waals surface area contributed by atoms with Crippen LogP contribution in [0.25, 0.3) is 0 Å². The van der Waals surface area contributed by atoms with Gasteiger partial charge in [-0.25, -0.2) is 12.7 Å². The number of halogens is 1. The molecule has 8 nitrogen and oxygen atoms in total. The largest absolute Gasteiger partial charge is 0.352 e. The van der Waals surface area contributed by atoms with Gasteiger partial charge in [-0.3, -0.25) is 14.4 Å². The third-order valence-corrected chi connectivity index (χ3v) is 8.34. The van der Waals surface area contributed by atoms with Crippen LogP contribution in [0, 0.1) is 0 Å². The van der Waals surface area contributed by atoms with E-state index in [1.54, 1.807) is 43.3 Å². The Morgan fingerprint density at radius 2 is 1.71 bits per heavy atom. The van der Waals surface area contributed by atoms with Crippen LogP contribution in [0.5, 0.6) is 0 Å². The maximum atomic E-state index is 13.4. The average Bonchev–Trinajstić information content (AvgIpc) is 3.03. The van der Waals surface area contributed by atoms with Crippen molar-refractivity contribution < 1.29 is 22.8 Å². The first-order valence-corrected chi connectivity index (χ1v) is 13.4. The lowest BCUT2D eigenvalue weighted by Gasteiger charge is -2.32. The van der Waals surface area contributed by atoms with Gasteiger partial charge in [0.25, 0.3) is 15.9 Å². The van der Waals surface area contributed by atoms with E-state index < -0.39 is 27.9 Å². The van der Waals surface area contributed by atoms with Crippen LogP contribution in [-0.4, -0.2) is 54.0 Å². The number of amides is 3. The summed E-state index contributed by atoms with van der Waals surface area (Å²) in [4.78, 5) is 40.5. The highest BCUT2D eigenvalue weighted by Gasteiger charge is 2.41. The van der Waals surface area contributed by atoms with E-state index in [9.17, 15) is 22.8 Å². The summed E-state index contributed by atoms with van der Waals surface area (Å²) in [6, 6.07) is 12.1. The molecule has 0 aliphatic carbocycles. The molecule has 0 saturated heterocycles. The molecule has 35 heavy (non-hydrogen) atoms. The Labute approximate surface area is 211 Å². The number of fused-ring (bicyclic) bond motifs is 1. The number of carbonyl (C=O) groups is 3. The molecule has 2 atom stereocenters. The molecule has 3 rings (SSSR count). The fourth-order valence-corrected chi connectivity index (χ4v) is 5.73. The molecule has 0 radical (unpaired) electrons. The molecule has 188 valence electrons. The van der Waals surface area contributed by atoms with Gasteiger partial charge in [0.15, 0.2) is 0 Å². The van der Waals surface area contributed by atoms with Crippen molar-refractivity contribution >= 4 is 39.3 Å². The van der Waals surface area contributed by atoms with Gasteiger partial charge in [-0.05, 0) is 43.5 Å². The van der Waals surface area contributed by atoms with Crippen molar-refractivity contribution in [1.29, 1.82) is 0 Å². The Balaban J connectivity index is 1.84. The first kappa shape index (κ1) is 26.7. The van der Waals surface area contributed by atoms with Crippen molar-refractivity contribution in [2.75, 3.05) is 6.54 Å². The fourth-order valence-electron chi connectivity index (χ4n) is 3.96. The predicted molar refractivity (Wildman–Crippen MR) is 133 cm³/mol. The minimum Gasteiger partial charge on any atom is -0.352 e. The van der Waals surface area contributed by atoms with Crippen LogP contribution in [0.2, 0.25) is 5.02 Å². The van der Waals surface area contributed by atoms with E-state index >= 15 is 0 Å². The molecule has 0 fully saturated rings. The highest BCUT2D eigenvalue weighted by atomic mass is 35.5. The van der Waals surface area contributed by atoms with Gasteiger partial charge in [0, 0.05) is 30.6 Å². The standard InChI is InChI=1S/C25H30ClN3O5S/c1-4-17(3)27-24(31)21(5-2)28(16-18-10-6-8-12-20(18)26)23(30)14-15-29-25(32)19-11-7-9-13-22(19)35(29,33)34/h6-13,17,21H,4-5,14-16H2,1-3H3,(H,27,31)/t17-,21-/m1/s1.